The van der Waals surface area contributed by atoms with E-state index in [-0.39, 0.29) is 5.54 Å². The monoisotopic (exact) mass is 593 g/mol. The van der Waals surface area contributed by atoms with Gasteiger partial charge in [0.15, 0.2) is 0 Å². The Bertz CT molecular complexity index is 2330. The fourth-order valence-corrected chi connectivity index (χ4v) is 7.87. The van der Waals surface area contributed by atoms with Gasteiger partial charge in [-0.05, 0) is 72.0 Å². The van der Waals surface area contributed by atoms with E-state index in [4.69, 9.17) is 0 Å². The summed E-state index contributed by atoms with van der Waals surface area (Å²) in [6.07, 6.45) is 3.08. The summed E-state index contributed by atoms with van der Waals surface area (Å²) < 4.78 is 4.89. The van der Waals surface area contributed by atoms with Crippen LogP contribution in [-0.4, -0.2) is 9.13 Å². The van der Waals surface area contributed by atoms with E-state index in [9.17, 15) is 5.26 Å². The van der Waals surface area contributed by atoms with E-state index in [1.165, 1.54) is 38.1 Å². The highest BCUT2D eigenvalue weighted by molar-refractivity contribution is 6.10. The minimum absolute atomic E-state index is 0.196. The van der Waals surface area contributed by atoms with Gasteiger partial charge in [-0.15, -0.1) is 0 Å². The van der Waals surface area contributed by atoms with Gasteiger partial charge >= 0.3 is 0 Å². The van der Waals surface area contributed by atoms with Crippen LogP contribution in [0.15, 0.2) is 140 Å². The van der Waals surface area contributed by atoms with Crippen molar-refractivity contribution in [3.05, 3.63) is 151 Å². The molecule has 0 radical (unpaired) electrons. The van der Waals surface area contributed by atoms with Gasteiger partial charge in [-0.1, -0.05) is 117 Å². The maximum absolute atomic E-state index is 10.1. The summed E-state index contributed by atoms with van der Waals surface area (Å²) in [6.45, 7) is 4.61. The standard InChI is InChI=1S/C43H35N3/c1-3-25-43(4-2,46-41-19-11-7-15-37(41)38-16-8-12-20-42(38)46)33-23-21-31(22-24-33)32-26-30(29-44)27-34(28-32)45-39-17-9-5-13-35(39)36-14-6-10-18-40(36)45/h5-24,26-28H,3-4,25H2,1-2H3. The largest absolute Gasteiger partial charge is 0.330 e. The summed E-state index contributed by atoms with van der Waals surface area (Å²) in [5.41, 5.74) is 9.74. The van der Waals surface area contributed by atoms with Crippen molar-refractivity contribution in [1.29, 1.82) is 5.26 Å². The number of nitrogens with zero attached hydrogens (tertiary/aromatic N) is 3. The Morgan fingerprint density at radius 2 is 1.07 bits per heavy atom. The van der Waals surface area contributed by atoms with Crippen LogP contribution in [0.25, 0.3) is 60.4 Å². The van der Waals surface area contributed by atoms with Crippen LogP contribution in [0, 0.1) is 11.3 Å². The molecule has 46 heavy (non-hydrogen) atoms. The van der Waals surface area contributed by atoms with Gasteiger partial charge in [-0.3, -0.25) is 0 Å². The molecule has 0 bridgehead atoms. The minimum Gasteiger partial charge on any atom is -0.330 e. The van der Waals surface area contributed by atoms with Crippen LogP contribution >= 0.6 is 0 Å². The lowest BCUT2D eigenvalue weighted by Gasteiger charge is -2.37. The molecule has 2 aromatic heterocycles. The highest BCUT2D eigenvalue weighted by Crippen LogP contribution is 2.43. The third-order valence-electron chi connectivity index (χ3n) is 9.90. The predicted octanol–water partition coefficient (Wildman–Crippen LogP) is 11.4. The van der Waals surface area contributed by atoms with E-state index in [1.807, 2.05) is 12.1 Å². The third-order valence-corrected chi connectivity index (χ3v) is 9.90. The van der Waals surface area contributed by atoms with Crippen LogP contribution in [0.1, 0.15) is 44.2 Å². The summed E-state index contributed by atoms with van der Waals surface area (Å²) >= 11 is 0. The second-order valence-corrected chi connectivity index (χ2v) is 12.3. The zero-order valence-electron chi connectivity index (χ0n) is 26.2. The van der Waals surface area contributed by atoms with E-state index in [0.29, 0.717) is 5.56 Å². The Morgan fingerprint density at radius 1 is 0.565 bits per heavy atom. The predicted molar refractivity (Wildman–Crippen MR) is 193 cm³/mol. The van der Waals surface area contributed by atoms with Crippen molar-refractivity contribution in [2.24, 2.45) is 0 Å². The Balaban J connectivity index is 1.29. The van der Waals surface area contributed by atoms with Crippen LogP contribution in [0.2, 0.25) is 0 Å². The molecule has 0 aliphatic rings. The quantitative estimate of drug-likeness (QED) is 0.181. The van der Waals surface area contributed by atoms with Crippen LogP contribution in [0.4, 0.5) is 0 Å². The molecule has 0 saturated heterocycles. The van der Waals surface area contributed by atoms with Gasteiger partial charge in [-0.2, -0.15) is 5.26 Å². The first kappa shape index (κ1) is 27.9. The summed E-state index contributed by atoms with van der Waals surface area (Å²) in [5.74, 6) is 0. The molecule has 222 valence electrons. The molecule has 0 aliphatic carbocycles. The minimum atomic E-state index is -0.196. The van der Waals surface area contributed by atoms with Gasteiger partial charge in [0.1, 0.15) is 0 Å². The zero-order chi connectivity index (χ0) is 31.3. The molecule has 1 unspecified atom stereocenters. The van der Waals surface area contributed by atoms with Crippen LogP contribution in [0.5, 0.6) is 0 Å². The maximum Gasteiger partial charge on any atom is 0.0992 e. The molecule has 8 aromatic rings. The van der Waals surface area contributed by atoms with E-state index in [2.05, 4.69) is 156 Å². The van der Waals surface area contributed by atoms with Gasteiger partial charge in [-0.25, -0.2) is 0 Å². The number of hydrogen-bond donors (Lipinski definition) is 0. The highest BCUT2D eigenvalue weighted by Gasteiger charge is 2.34. The molecular formula is C43H35N3. The summed E-state index contributed by atoms with van der Waals surface area (Å²) in [6, 6.07) is 52.5. The Hall–Kier alpha value is -5.59. The van der Waals surface area contributed by atoms with E-state index in [1.54, 1.807) is 0 Å². The van der Waals surface area contributed by atoms with Gasteiger partial charge in [0, 0.05) is 38.3 Å². The number of benzene rings is 6. The van der Waals surface area contributed by atoms with Gasteiger partial charge in [0.2, 0.25) is 0 Å². The fraction of sp³-hybridized carbons (Fsp3) is 0.140. The lowest BCUT2D eigenvalue weighted by Crippen LogP contribution is -2.34. The maximum atomic E-state index is 10.1. The normalized spacial score (nSPS) is 13.0. The molecule has 8 rings (SSSR count). The Labute approximate surface area is 269 Å². The van der Waals surface area contributed by atoms with Gasteiger partial charge < -0.3 is 9.13 Å². The Kier molecular flexibility index (Phi) is 6.73. The number of para-hydroxylation sites is 4. The first-order chi connectivity index (χ1) is 22.7. The van der Waals surface area contributed by atoms with Crippen molar-refractivity contribution in [2.45, 2.75) is 38.6 Å². The molecule has 0 saturated carbocycles. The molecule has 1 atom stereocenters. The highest BCUT2D eigenvalue weighted by atomic mass is 15.1. The van der Waals surface area contributed by atoms with Crippen molar-refractivity contribution >= 4 is 43.6 Å². The number of fused-ring (bicyclic) bond motifs is 6. The molecule has 3 nitrogen and oxygen atoms in total. The molecule has 0 aliphatic heterocycles. The van der Waals surface area contributed by atoms with Crippen molar-refractivity contribution in [1.82, 2.24) is 9.13 Å². The summed E-state index contributed by atoms with van der Waals surface area (Å²) in [4.78, 5) is 0. The first-order valence-electron chi connectivity index (χ1n) is 16.3. The van der Waals surface area contributed by atoms with Gasteiger partial charge in [0.25, 0.3) is 0 Å². The van der Waals surface area contributed by atoms with E-state index >= 15 is 0 Å². The molecule has 0 spiro atoms. The molecule has 0 N–H and O–H groups in total. The average Bonchev–Trinajstić information content (AvgIpc) is 3.64. The summed E-state index contributed by atoms with van der Waals surface area (Å²) in [5, 5.41) is 15.1. The van der Waals surface area contributed by atoms with Crippen LogP contribution in [-0.2, 0) is 5.54 Å². The van der Waals surface area contributed by atoms with Crippen LogP contribution < -0.4 is 0 Å². The van der Waals surface area contributed by atoms with Crippen molar-refractivity contribution < 1.29 is 0 Å². The molecule has 0 amide bonds. The second-order valence-electron chi connectivity index (χ2n) is 12.3. The van der Waals surface area contributed by atoms with Crippen molar-refractivity contribution in [2.75, 3.05) is 0 Å². The molecular weight excluding hydrogens is 558 g/mol. The van der Waals surface area contributed by atoms with E-state index < -0.39 is 0 Å². The second kappa shape index (κ2) is 11.1. The topological polar surface area (TPSA) is 33.6 Å². The molecule has 0 fully saturated rings. The third kappa shape index (κ3) is 4.18. The average molecular weight is 594 g/mol. The fourth-order valence-electron chi connectivity index (χ4n) is 7.87. The van der Waals surface area contributed by atoms with E-state index in [0.717, 1.165) is 47.1 Å². The lowest BCUT2D eigenvalue weighted by atomic mass is 9.81. The number of rotatable bonds is 7. The lowest BCUT2D eigenvalue weighted by molar-refractivity contribution is 0.330. The summed E-state index contributed by atoms with van der Waals surface area (Å²) in [7, 11) is 0. The van der Waals surface area contributed by atoms with Crippen LogP contribution in [0.3, 0.4) is 0 Å². The SMILES string of the molecule is CCCC(CC)(c1ccc(-c2cc(C#N)cc(-n3c4ccccc4c4ccccc43)c2)cc1)n1c2ccccc2c2ccccc21. The number of nitriles is 1. The van der Waals surface area contributed by atoms with Crippen molar-refractivity contribution in [3.8, 4) is 22.9 Å². The molecule has 2 heterocycles. The molecule has 6 aromatic carbocycles. The number of aromatic nitrogens is 2. The van der Waals surface area contributed by atoms with Crippen molar-refractivity contribution in [3.63, 3.8) is 0 Å². The number of hydrogen-bond acceptors (Lipinski definition) is 1. The first-order valence-corrected chi connectivity index (χ1v) is 16.3. The smallest absolute Gasteiger partial charge is 0.0992 e. The molecule has 3 heteroatoms. The van der Waals surface area contributed by atoms with Gasteiger partial charge in [0.05, 0.1) is 28.2 Å². The zero-order valence-corrected chi connectivity index (χ0v) is 26.2. The Morgan fingerprint density at radius 3 is 1.57 bits per heavy atom.